The number of hydrogen-bond acceptors (Lipinski definition) is 5. The Morgan fingerprint density at radius 2 is 1.72 bits per heavy atom. The lowest BCUT2D eigenvalue weighted by Crippen LogP contribution is -2.46. The van der Waals surface area contributed by atoms with Crippen LogP contribution in [0, 0.1) is 0 Å². The van der Waals surface area contributed by atoms with E-state index in [0.717, 1.165) is 55.9 Å². The van der Waals surface area contributed by atoms with E-state index in [1.165, 1.54) is 9.71 Å². The van der Waals surface area contributed by atoms with Gasteiger partial charge in [-0.25, -0.2) is 9.78 Å². The topological polar surface area (TPSA) is 57.7 Å². The zero-order valence-electron chi connectivity index (χ0n) is 18.7. The smallest absolute Gasteiger partial charge is 0.321 e. The summed E-state index contributed by atoms with van der Waals surface area (Å²) in [6.07, 6.45) is 2.24. The first-order valence-electron chi connectivity index (χ1n) is 11.5. The number of carbonyl (C=O) groups is 1. The maximum Gasteiger partial charge on any atom is 0.321 e. The van der Waals surface area contributed by atoms with Gasteiger partial charge in [0.2, 0.25) is 0 Å². The van der Waals surface area contributed by atoms with Gasteiger partial charge in [0.05, 0.1) is 38.8 Å². The minimum absolute atomic E-state index is 0.0189. The minimum Gasteiger partial charge on any atom is -0.372 e. The molecule has 1 aromatic heterocycles. The standard InChI is InChI=1S/C25H30N4O2S/c1-17-15-29(16-18(2)31-17)22-9-5-3-7-20(22)27-25(30)28-13-11-19(12-14-28)24-26-21-8-4-6-10-23(21)32-24/h3-10,17-19H,11-16H2,1-2H3,(H,27,30). The number of nitrogens with one attached hydrogen (secondary N) is 1. The number of amides is 2. The molecule has 2 atom stereocenters. The van der Waals surface area contributed by atoms with Crippen molar-refractivity contribution in [3.63, 3.8) is 0 Å². The van der Waals surface area contributed by atoms with E-state index < -0.39 is 0 Å². The fraction of sp³-hybridized carbons (Fsp3) is 0.440. The summed E-state index contributed by atoms with van der Waals surface area (Å²) < 4.78 is 7.12. The van der Waals surface area contributed by atoms with E-state index >= 15 is 0 Å². The van der Waals surface area contributed by atoms with Crippen LogP contribution in [0.15, 0.2) is 48.5 Å². The first kappa shape index (κ1) is 21.2. The second-order valence-electron chi connectivity index (χ2n) is 8.89. The molecule has 6 nitrogen and oxygen atoms in total. The second-order valence-corrected chi connectivity index (χ2v) is 9.95. The number of fused-ring (bicyclic) bond motifs is 1. The lowest BCUT2D eigenvalue weighted by Gasteiger charge is -2.38. The third-order valence-corrected chi connectivity index (χ3v) is 7.55. The van der Waals surface area contributed by atoms with Crippen molar-refractivity contribution in [3.8, 4) is 0 Å². The van der Waals surface area contributed by atoms with Crippen LogP contribution < -0.4 is 10.2 Å². The minimum atomic E-state index is -0.0189. The Balaban J connectivity index is 1.23. The molecular formula is C25H30N4O2S. The summed E-state index contributed by atoms with van der Waals surface area (Å²) in [6.45, 7) is 7.34. The normalized spacial score (nSPS) is 22.3. The number of anilines is 2. The lowest BCUT2D eigenvalue weighted by atomic mass is 9.98. The van der Waals surface area contributed by atoms with Gasteiger partial charge in [0.15, 0.2) is 0 Å². The summed E-state index contributed by atoms with van der Waals surface area (Å²) in [5, 5.41) is 4.38. The van der Waals surface area contributed by atoms with Crippen LogP contribution in [0.3, 0.4) is 0 Å². The molecule has 168 valence electrons. The fourth-order valence-corrected chi connectivity index (χ4v) is 5.95. The van der Waals surface area contributed by atoms with Gasteiger partial charge >= 0.3 is 6.03 Å². The van der Waals surface area contributed by atoms with Crippen molar-refractivity contribution < 1.29 is 9.53 Å². The lowest BCUT2D eigenvalue weighted by molar-refractivity contribution is -0.00517. The average Bonchev–Trinajstić information content (AvgIpc) is 3.23. The number of urea groups is 1. The summed E-state index contributed by atoms with van der Waals surface area (Å²) >= 11 is 1.79. The van der Waals surface area contributed by atoms with Crippen molar-refractivity contribution in [2.24, 2.45) is 0 Å². The van der Waals surface area contributed by atoms with Crippen LogP contribution in [-0.2, 0) is 4.74 Å². The van der Waals surface area contributed by atoms with Crippen molar-refractivity contribution in [2.75, 3.05) is 36.4 Å². The van der Waals surface area contributed by atoms with Gasteiger partial charge in [0.25, 0.3) is 0 Å². The Hall–Kier alpha value is -2.64. The molecule has 2 aliphatic heterocycles. The van der Waals surface area contributed by atoms with Gasteiger partial charge in [-0.1, -0.05) is 24.3 Å². The fourth-order valence-electron chi connectivity index (χ4n) is 4.82. The molecule has 2 aliphatic rings. The molecule has 0 aliphatic carbocycles. The number of piperidine rings is 1. The quantitative estimate of drug-likeness (QED) is 0.587. The monoisotopic (exact) mass is 450 g/mol. The number of aromatic nitrogens is 1. The van der Waals surface area contributed by atoms with Crippen LogP contribution in [0.5, 0.6) is 0 Å². The molecule has 2 saturated heterocycles. The van der Waals surface area contributed by atoms with Crippen LogP contribution in [0.1, 0.15) is 37.6 Å². The molecule has 0 saturated carbocycles. The van der Waals surface area contributed by atoms with E-state index in [9.17, 15) is 4.79 Å². The van der Waals surface area contributed by atoms with Gasteiger partial charge in [-0.05, 0) is 51.0 Å². The van der Waals surface area contributed by atoms with E-state index in [1.807, 2.05) is 29.2 Å². The maximum atomic E-state index is 13.1. The zero-order valence-corrected chi connectivity index (χ0v) is 19.5. The number of ether oxygens (including phenoxy) is 1. The number of benzene rings is 2. The molecular weight excluding hydrogens is 420 g/mol. The number of hydrogen-bond donors (Lipinski definition) is 1. The number of para-hydroxylation sites is 3. The van der Waals surface area contributed by atoms with Gasteiger partial charge in [-0.2, -0.15) is 0 Å². The van der Waals surface area contributed by atoms with Gasteiger partial charge in [-0.15, -0.1) is 11.3 Å². The molecule has 0 spiro atoms. The molecule has 5 rings (SSSR count). The average molecular weight is 451 g/mol. The molecule has 2 aromatic carbocycles. The van der Waals surface area contributed by atoms with Gasteiger partial charge in [0.1, 0.15) is 0 Å². The number of rotatable bonds is 3. The van der Waals surface area contributed by atoms with Crippen molar-refractivity contribution in [1.82, 2.24) is 9.88 Å². The summed E-state index contributed by atoms with van der Waals surface area (Å²) in [5.74, 6) is 0.431. The van der Waals surface area contributed by atoms with Gasteiger partial charge < -0.3 is 19.9 Å². The number of carbonyl (C=O) groups excluding carboxylic acids is 1. The van der Waals surface area contributed by atoms with E-state index in [2.05, 4.69) is 48.3 Å². The van der Waals surface area contributed by atoms with Crippen molar-refractivity contribution in [1.29, 1.82) is 0 Å². The summed E-state index contributed by atoms with van der Waals surface area (Å²) in [7, 11) is 0. The third kappa shape index (κ3) is 4.45. The largest absolute Gasteiger partial charge is 0.372 e. The van der Waals surface area contributed by atoms with Crippen molar-refractivity contribution >= 4 is 39.0 Å². The Bertz CT molecular complexity index is 1050. The Morgan fingerprint density at radius 1 is 1.03 bits per heavy atom. The first-order chi connectivity index (χ1) is 15.6. The molecule has 1 N–H and O–H groups in total. The number of likely N-dealkylation sites (tertiary alicyclic amines) is 1. The highest BCUT2D eigenvalue weighted by molar-refractivity contribution is 7.18. The summed E-state index contributed by atoms with van der Waals surface area (Å²) in [4.78, 5) is 22.2. The summed E-state index contributed by atoms with van der Waals surface area (Å²) in [6, 6.07) is 16.4. The molecule has 0 radical (unpaired) electrons. The van der Waals surface area contributed by atoms with E-state index in [-0.39, 0.29) is 18.2 Å². The highest BCUT2D eigenvalue weighted by Gasteiger charge is 2.28. The molecule has 0 bridgehead atoms. The number of nitrogens with zero attached hydrogens (tertiary/aromatic N) is 3. The molecule has 2 fully saturated rings. The van der Waals surface area contributed by atoms with Crippen LogP contribution in [0.25, 0.3) is 10.2 Å². The highest BCUT2D eigenvalue weighted by atomic mass is 32.1. The Morgan fingerprint density at radius 3 is 2.47 bits per heavy atom. The summed E-state index contributed by atoms with van der Waals surface area (Å²) in [5.41, 5.74) is 3.01. The van der Waals surface area contributed by atoms with E-state index in [1.54, 1.807) is 11.3 Å². The van der Waals surface area contributed by atoms with Gasteiger partial charge in [-0.3, -0.25) is 0 Å². The number of thiazole rings is 1. The SMILES string of the molecule is CC1CN(c2ccccc2NC(=O)N2CCC(c3nc4ccccc4s3)CC2)CC(C)O1. The zero-order chi connectivity index (χ0) is 22.1. The van der Waals surface area contributed by atoms with E-state index in [0.29, 0.717) is 5.92 Å². The molecule has 7 heteroatoms. The predicted octanol–water partition coefficient (Wildman–Crippen LogP) is 5.32. The van der Waals surface area contributed by atoms with Crippen LogP contribution in [-0.4, -0.2) is 54.3 Å². The molecule has 2 unspecified atom stereocenters. The highest BCUT2D eigenvalue weighted by Crippen LogP contribution is 2.34. The second kappa shape index (κ2) is 9.08. The maximum absolute atomic E-state index is 13.1. The molecule has 3 aromatic rings. The van der Waals surface area contributed by atoms with Crippen molar-refractivity contribution in [3.05, 3.63) is 53.5 Å². The Labute approximate surface area is 193 Å². The van der Waals surface area contributed by atoms with Gasteiger partial charge in [0, 0.05) is 32.1 Å². The number of morpholine rings is 1. The molecule has 32 heavy (non-hydrogen) atoms. The molecule has 3 heterocycles. The first-order valence-corrected chi connectivity index (χ1v) is 12.3. The van der Waals surface area contributed by atoms with E-state index in [4.69, 9.17) is 9.72 Å². The third-order valence-electron chi connectivity index (χ3n) is 6.35. The Kier molecular flexibility index (Phi) is 6.02. The van der Waals surface area contributed by atoms with Crippen molar-refractivity contribution in [2.45, 2.75) is 44.8 Å². The van der Waals surface area contributed by atoms with Crippen LogP contribution in [0.4, 0.5) is 16.2 Å². The van der Waals surface area contributed by atoms with Crippen LogP contribution >= 0.6 is 11.3 Å². The predicted molar refractivity (Wildman–Crippen MR) is 131 cm³/mol. The van der Waals surface area contributed by atoms with Crippen LogP contribution in [0.2, 0.25) is 0 Å². The molecule has 2 amide bonds.